The van der Waals surface area contributed by atoms with Crippen molar-refractivity contribution in [3.8, 4) is 0 Å². The van der Waals surface area contributed by atoms with E-state index in [2.05, 4.69) is 40.2 Å². The Morgan fingerprint density at radius 3 is 2.75 bits per heavy atom. The lowest BCUT2D eigenvalue weighted by atomic mass is 10.1. The molecule has 0 radical (unpaired) electrons. The summed E-state index contributed by atoms with van der Waals surface area (Å²) in [5.74, 6) is 0.0884. The first kappa shape index (κ1) is 17.1. The summed E-state index contributed by atoms with van der Waals surface area (Å²) in [6, 6.07) is 10.7. The van der Waals surface area contributed by atoms with E-state index in [1.54, 1.807) is 11.3 Å². The molecular formula is C19H25N3OS. The van der Waals surface area contributed by atoms with Gasteiger partial charge in [-0.3, -0.25) is 4.79 Å². The lowest BCUT2D eigenvalue weighted by molar-refractivity contribution is 0.0756. The molecule has 1 aliphatic heterocycles. The van der Waals surface area contributed by atoms with Crippen LogP contribution in [-0.4, -0.2) is 53.4 Å². The fraction of sp³-hybridized carbons (Fsp3) is 0.474. The van der Waals surface area contributed by atoms with Crippen molar-refractivity contribution in [1.29, 1.82) is 0 Å². The first-order valence-corrected chi connectivity index (χ1v) is 9.58. The van der Waals surface area contributed by atoms with Gasteiger partial charge in [0.05, 0.1) is 5.01 Å². The highest BCUT2D eigenvalue weighted by Crippen LogP contribution is 2.13. The number of aromatic nitrogens is 1. The zero-order chi connectivity index (χ0) is 16.8. The minimum Gasteiger partial charge on any atom is -0.336 e. The summed E-state index contributed by atoms with van der Waals surface area (Å²) in [5, 5.41) is 2.83. The maximum absolute atomic E-state index is 12.5. The lowest BCUT2D eigenvalue weighted by Crippen LogP contribution is -2.35. The normalized spacial score (nSPS) is 16.1. The highest BCUT2D eigenvalue weighted by atomic mass is 32.1. The number of carbonyl (C=O) groups is 1. The van der Waals surface area contributed by atoms with Gasteiger partial charge in [-0.2, -0.15) is 0 Å². The minimum atomic E-state index is 0.0884. The van der Waals surface area contributed by atoms with E-state index in [4.69, 9.17) is 0 Å². The number of hydrogen-bond donors (Lipinski definition) is 0. The summed E-state index contributed by atoms with van der Waals surface area (Å²) >= 11 is 1.54. The van der Waals surface area contributed by atoms with E-state index in [9.17, 15) is 4.79 Å². The van der Waals surface area contributed by atoms with Crippen LogP contribution in [0.5, 0.6) is 0 Å². The Balaban J connectivity index is 1.45. The van der Waals surface area contributed by atoms with Gasteiger partial charge < -0.3 is 9.80 Å². The lowest BCUT2D eigenvalue weighted by Gasteiger charge is -2.21. The molecule has 0 unspecified atom stereocenters. The van der Waals surface area contributed by atoms with Crippen LogP contribution in [0.1, 0.15) is 33.9 Å². The predicted molar refractivity (Wildman–Crippen MR) is 98.6 cm³/mol. The molecule has 24 heavy (non-hydrogen) atoms. The topological polar surface area (TPSA) is 36.4 Å². The van der Waals surface area contributed by atoms with Crippen LogP contribution in [0, 0.1) is 6.92 Å². The molecule has 1 aromatic carbocycles. The number of rotatable bonds is 5. The SMILES string of the molecule is Cc1nc(C(=O)N2CCCN(CCCc3ccccc3)CC2)cs1. The number of aryl methyl sites for hydroxylation is 2. The molecule has 0 saturated carbocycles. The van der Waals surface area contributed by atoms with Gasteiger partial charge in [0.25, 0.3) is 5.91 Å². The Morgan fingerprint density at radius 1 is 1.17 bits per heavy atom. The van der Waals surface area contributed by atoms with E-state index in [0.717, 1.165) is 50.6 Å². The average molecular weight is 343 g/mol. The van der Waals surface area contributed by atoms with Gasteiger partial charge in [-0.15, -0.1) is 11.3 Å². The van der Waals surface area contributed by atoms with Crippen molar-refractivity contribution in [2.45, 2.75) is 26.2 Å². The molecule has 1 amide bonds. The van der Waals surface area contributed by atoms with E-state index in [-0.39, 0.29) is 5.91 Å². The van der Waals surface area contributed by atoms with Crippen LogP contribution in [0.4, 0.5) is 0 Å². The van der Waals surface area contributed by atoms with Crippen LogP contribution in [0.2, 0.25) is 0 Å². The Kier molecular flexibility index (Phi) is 5.99. The monoisotopic (exact) mass is 343 g/mol. The van der Waals surface area contributed by atoms with Crippen molar-refractivity contribution in [1.82, 2.24) is 14.8 Å². The molecule has 0 N–H and O–H groups in total. The molecule has 128 valence electrons. The van der Waals surface area contributed by atoms with Gasteiger partial charge in [0.1, 0.15) is 5.69 Å². The van der Waals surface area contributed by atoms with Crippen molar-refractivity contribution in [2.24, 2.45) is 0 Å². The molecule has 0 bridgehead atoms. The zero-order valence-corrected chi connectivity index (χ0v) is 15.1. The number of nitrogens with zero attached hydrogens (tertiary/aromatic N) is 3. The van der Waals surface area contributed by atoms with Gasteiger partial charge in [-0.05, 0) is 44.8 Å². The highest BCUT2D eigenvalue weighted by Gasteiger charge is 2.21. The van der Waals surface area contributed by atoms with Crippen LogP contribution in [0.15, 0.2) is 35.7 Å². The summed E-state index contributed by atoms with van der Waals surface area (Å²) in [5.41, 5.74) is 2.01. The van der Waals surface area contributed by atoms with Gasteiger partial charge >= 0.3 is 0 Å². The van der Waals surface area contributed by atoms with Crippen molar-refractivity contribution in [3.05, 3.63) is 52.0 Å². The van der Waals surface area contributed by atoms with Gasteiger partial charge in [0, 0.05) is 25.0 Å². The van der Waals surface area contributed by atoms with E-state index in [0.29, 0.717) is 5.69 Å². The summed E-state index contributed by atoms with van der Waals surface area (Å²) < 4.78 is 0. The number of thiazole rings is 1. The van der Waals surface area contributed by atoms with Crippen LogP contribution in [0.25, 0.3) is 0 Å². The Bertz CT molecular complexity index is 656. The Hall–Kier alpha value is -1.72. The van der Waals surface area contributed by atoms with Gasteiger partial charge in [0.2, 0.25) is 0 Å². The van der Waals surface area contributed by atoms with Crippen molar-refractivity contribution >= 4 is 17.2 Å². The second kappa shape index (κ2) is 8.40. The van der Waals surface area contributed by atoms with E-state index >= 15 is 0 Å². The van der Waals surface area contributed by atoms with Crippen LogP contribution in [0.3, 0.4) is 0 Å². The third-order valence-corrected chi connectivity index (χ3v) is 5.27. The standard InChI is InChI=1S/C19H25N3OS/c1-16-20-18(15-24-16)19(23)22-12-6-11-21(13-14-22)10-5-9-17-7-3-2-4-8-17/h2-4,7-8,15H,5-6,9-14H2,1H3. The quantitative estimate of drug-likeness (QED) is 0.836. The van der Waals surface area contributed by atoms with E-state index in [1.165, 1.54) is 12.0 Å². The largest absolute Gasteiger partial charge is 0.336 e. The highest BCUT2D eigenvalue weighted by molar-refractivity contribution is 7.09. The second-order valence-electron chi connectivity index (χ2n) is 6.33. The molecule has 1 aromatic heterocycles. The predicted octanol–water partition coefficient (Wildman–Crippen LogP) is 3.23. The molecule has 2 heterocycles. The molecule has 2 aromatic rings. The second-order valence-corrected chi connectivity index (χ2v) is 7.39. The van der Waals surface area contributed by atoms with E-state index in [1.807, 2.05) is 17.2 Å². The van der Waals surface area contributed by atoms with Crippen molar-refractivity contribution < 1.29 is 4.79 Å². The minimum absolute atomic E-state index is 0.0884. The van der Waals surface area contributed by atoms with Crippen LogP contribution >= 0.6 is 11.3 Å². The molecule has 0 spiro atoms. The molecule has 0 aliphatic carbocycles. The average Bonchev–Trinajstić information content (AvgIpc) is 2.90. The summed E-state index contributed by atoms with van der Waals surface area (Å²) in [4.78, 5) is 21.3. The third-order valence-electron chi connectivity index (χ3n) is 4.50. The third kappa shape index (κ3) is 4.65. The Morgan fingerprint density at radius 2 is 2.00 bits per heavy atom. The van der Waals surface area contributed by atoms with Crippen molar-refractivity contribution in [2.75, 3.05) is 32.7 Å². The molecule has 4 nitrogen and oxygen atoms in total. The maximum atomic E-state index is 12.5. The summed E-state index contributed by atoms with van der Waals surface area (Å²) in [6.07, 6.45) is 3.33. The fourth-order valence-corrected chi connectivity index (χ4v) is 3.76. The van der Waals surface area contributed by atoms with E-state index < -0.39 is 0 Å². The molecule has 1 fully saturated rings. The summed E-state index contributed by atoms with van der Waals surface area (Å²) in [7, 11) is 0. The first-order valence-electron chi connectivity index (χ1n) is 8.70. The molecular weight excluding hydrogens is 318 g/mol. The number of amides is 1. The fourth-order valence-electron chi connectivity index (χ4n) is 3.17. The first-order chi connectivity index (χ1) is 11.7. The van der Waals surface area contributed by atoms with Crippen LogP contribution in [-0.2, 0) is 6.42 Å². The molecule has 1 saturated heterocycles. The molecule has 1 aliphatic rings. The molecule has 0 atom stereocenters. The van der Waals surface area contributed by atoms with Crippen LogP contribution < -0.4 is 0 Å². The smallest absolute Gasteiger partial charge is 0.273 e. The number of hydrogen-bond acceptors (Lipinski definition) is 4. The maximum Gasteiger partial charge on any atom is 0.273 e. The van der Waals surface area contributed by atoms with Crippen molar-refractivity contribution in [3.63, 3.8) is 0 Å². The van der Waals surface area contributed by atoms with Gasteiger partial charge in [-0.25, -0.2) is 4.98 Å². The van der Waals surface area contributed by atoms with Gasteiger partial charge in [0.15, 0.2) is 0 Å². The molecule has 3 rings (SSSR count). The number of benzene rings is 1. The van der Waals surface area contributed by atoms with Gasteiger partial charge in [-0.1, -0.05) is 30.3 Å². The Labute approximate surface area is 148 Å². The number of carbonyl (C=O) groups excluding carboxylic acids is 1. The molecule has 5 heteroatoms. The summed E-state index contributed by atoms with van der Waals surface area (Å²) in [6.45, 7) is 6.73. The zero-order valence-electron chi connectivity index (χ0n) is 14.3.